The topological polar surface area (TPSA) is 81.7 Å². The fraction of sp³-hybridized carbons (Fsp3) is 0.355. The average molecular weight is 518 g/mol. The van der Waals surface area contributed by atoms with Crippen molar-refractivity contribution in [2.45, 2.75) is 58.9 Å². The smallest absolute Gasteiger partial charge is 0.336 e. The van der Waals surface area contributed by atoms with Crippen LogP contribution in [0.15, 0.2) is 60.7 Å². The number of carbonyl (C=O) groups is 2. The van der Waals surface area contributed by atoms with Crippen molar-refractivity contribution in [3.05, 3.63) is 77.6 Å². The Labute approximate surface area is 223 Å². The van der Waals surface area contributed by atoms with E-state index in [9.17, 15) is 14.7 Å². The molecule has 200 valence electrons. The Morgan fingerprint density at radius 1 is 1.00 bits per heavy atom. The summed E-state index contributed by atoms with van der Waals surface area (Å²) in [5.74, 6) is -1.31. The molecule has 7 heteroatoms. The summed E-state index contributed by atoms with van der Waals surface area (Å²) >= 11 is 0. The van der Waals surface area contributed by atoms with Crippen molar-refractivity contribution in [3.8, 4) is 11.1 Å². The molecule has 3 aromatic carbocycles. The summed E-state index contributed by atoms with van der Waals surface area (Å²) in [4.78, 5) is 27.1. The summed E-state index contributed by atoms with van der Waals surface area (Å²) in [7, 11) is 0. The number of carbonyl (C=O) groups excluding carboxylic acids is 1. The molecule has 0 bridgehead atoms. The maximum Gasteiger partial charge on any atom is 0.336 e. The number of nitrogens with one attached hydrogen (secondary N) is 2. The van der Waals surface area contributed by atoms with Gasteiger partial charge in [-0.15, -0.1) is 0 Å². The fourth-order valence-corrected chi connectivity index (χ4v) is 5.19. The van der Waals surface area contributed by atoms with Crippen LogP contribution in [0.4, 0.5) is 26.2 Å². The molecule has 0 aliphatic heterocycles. The molecule has 0 heterocycles. The zero-order valence-corrected chi connectivity index (χ0v) is 22.3. The molecule has 3 N–H and O–H groups in total. The molecule has 0 radical (unpaired) electrons. The van der Waals surface area contributed by atoms with Gasteiger partial charge >= 0.3 is 12.0 Å². The normalized spacial score (nSPS) is 13.8. The van der Waals surface area contributed by atoms with Crippen LogP contribution in [-0.4, -0.2) is 29.7 Å². The lowest BCUT2D eigenvalue weighted by Gasteiger charge is -2.38. The SMILES string of the molecule is Cc1ccc(NC(=O)Nc2cc(-c3ccccc3C(=O)O)cc(F)c2N(CC(C)C)C2CCCCC2)cc1. The minimum absolute atomic E-state index is 0.0704. The number of rotatable bonds is 8. The van der Waals surface area contributed by atoms with E-state index < -0.39 is 17.8 Å². The van der Waals surface area contributed by atoms with Gasteiger partial charge in [0.25, 0.3) is 0 Å². The van der Waals surface area contributed by atoms with Crippen molar-refractivity contribution in [3.63, 3.8) is 0 Å². The van der Waals surface area contributed by atoms with E-state index in [1.807, 2.05) is 31.2 Å². The molecular formula is C31H36FN3O3. The van der Waals surface area contributed by atoms with E-state index in [-0.39, 0.29) is 17.5 Å². The summed E-state index contributed by atoms with van der Waals surface area (Å²) in [5.41, 5.74) is 3.21. The summed E-state index contributed by atoms with van der Waals surface area (Å²) in [6, 6.07) is 16.7. The highest BCUT2D eigenvalue weighted by atomic mass is 19.1. The molecule has 1 fully saturated rings. The molecule has 0 saturated heterocycles. The molecule has 0 aromatic heterocycles. The molecule has 0 unspecified atom stereocenters. The molecule has 0 atom stereocenters. The van der Waals surface area contributed by atoms with Gasteiger partial charge in [-0.25, -0.2) is 14.0 Å². The van der Waals surface area contributed by atoms with Crippen LogP contribution in [0.5, 0.6) is 0 Å². The average Bonchev–Trinajstić information content (AvgIpc) is 2.89. The number of aromatic carboxylic acids is 1. The maximum absolute atomic E-state index is 16.1. The Balaban J connectivity index is 1.79. The quantitative estimate of drug-likeness (QED) is 0.283. The Morgan fingerprint density at radius 2 is 1.68 bits per heavy atom. The Kier molecular flexibility index (Phi) is 8.66. The first-order valence-corrected chi connectivity index (χ1v) is 13.3. The maximum atomic E-state index is 16.1. The van der Waals surface area contributed by atoms with Gasteiger partial charge in [0.1, 0.15) is 5.82 Å². The van der Waals surface area contributed by atoms with Gasteiger partial charge in [-0.1, -0.05) is 69.0 Å². The highest BCUT2D eigenvalue weighted by Gasteiger charge is 2.28. The number of carboxylic acids is 1. The number of aryl methyl sites for hydroxylation is 1. The van der Waals surface area contributed by atoms with E-state index in [1.54, 1.807) is 24.3 Å². The van der Waals surface area contributed by atoms with E-state index in [0.717, 1.165) is 31.2 Å². The van der Waals surface area contributed by atoms with E-state index in [1.165, 1.54) is 18.6 Å². The van der Waals surface area contributed by atoms with Gasteiger partial charge in [0.15, 0.2) is 0 Å². The number of hydrogen-bond donors (Lipinski definition) is 3. The van der Waals surface area contributed by atoms with Crippen LogP contribution in [0, 0.1) is 18.7 Å². The van der Waals surface area contributed by atoms with E-state index in [0.29, 0.717) is 34.7 Å². The Morgan fingerprint density at radius 3 is 2.34 bits per heavy atom. The van der Waals surface area contributed by atoms with Crippen LogP contribution in [0.25, 0.3) is 11.1 Å². The summed E-state index contributed by atoms with van der Waals surface area (Å²) in [6.07, 6.45) is 5.27. The number of nitrogens with zero attached hydrogens (tertiary/aromatic N) is 1. The predicted octanol–water partition coefficient (Wildman–Crippen LogP) is 7.94. The number of benzene rings is 3. The second kappa shape index (κ2) is 12.1. The molecule has 4 rings (SSSR count). The predicted molar refractivity (Wildman–Crippen MR) is 152 cm³/mol. The lowest BCUT2D eigenvalue weighted by molar-refractivity contribution is 0.0697. The van der Waals surface area contributed by atoms with Crippen LogP contribution in [0.2, 0.25) is 0 Å². The Bertz CT molecular complexity index is 1280. The third-order valence-electron chi connectivity index (χ3n) is 6.95. The zero-order chi connectivity index (χ0) is 27.2. The van der Waals surface area contributed by atoms with Gasteiger partial charge in [0.2, 0.25) is 0 Å². The van der Waals surface area contributed by atoms with Crippen LogP contribution < -0.4 is 15.5 Å². The van der Waals surface area contributed by atoms with Gasteiger partial charge in [-0.3, -0.25) is 0 Å². The van der Waals surface area contributed by atoms with Gasteiger partial charge in [-0.05, 0) is 67.1 Å². The van der Waals surface area contributed by atoms with Crippen molar-refractivity contribution in [2.24, 2.45) is 5.92 Å². The van der Waals surface area contributed by atoms with Crippen molar-refractivity contribution in [1.82, 2.24) is 0 Å². The van der Waals surface area contributed by atoms with E-state index in [4.69, 9.17) is 0 Å². The highest BCUT2D eigenvalue weighted by Crippen LogP contribution is 2.39. The fourth-order valence-electron chi connectivity index (χ4n) is 5.19. The third-order valence-corrected chi connectivity index (χ3v) is 6.95. The van der Waals surface area contributed by atoms with Gasteiger partial charge < -0.3 is 20.6 Å². The molecule has 1 aliphatic rings. The standard InChI is InChI=1S/C31H36FN3O3/c1-20(2)19-35(24-9-5-4-6-10-24)29-27(32)17-22(25-11-7-8-12-26(25)30(36)37)18-28(29)34-31(38)33-23-15-13-21(3)14-16-23/h7-8,11-18,20,24H,4-6,9-10,19H2,1-3H3,(H,36,37)(H2,33,34,38). The van der Waals surface area contributed by atoms with E-state index in [2.05, 4.69) is 29.4 Å². The number of carboxylic acid groups (broad SMARTS) is 1. The number of anilines is 3. The second-order valence-electron chi connectivity index (χ2n) is 10.5. The number of urea groups is 1. The molecule has 6 nitrogen and oxygen atoms in total. The van der Waals surface area contributed by atoms with Crippen molar-refractivity contribution in [2.75, 3.05) is 22.1 Å². The number of hydrogen-bond acceptors (Lipinski definition) is 3. The van der Waals surface area contributed by atoms with Crippen LogP contribution in [-0.2, 0) is 0 Å². The first-order valence-electron chi connectivity index (χ1n) is 13.3. The van der Waals surface area contributed by atoms with Crippen LogP contribution in [0.3, 0.4) is 0 Å². The first kappa shape index (κ1) is 27.2. The third kappa shape index (κ3) is 6.52. The summed E-state index contributed by atoms with van der Waals surface area (Å²) < 4.78 is 16.1. The monoisotopic (exact) mass is 517 g/mol. The van der Waals surface area contributed by atoms with Gasteiger partial charge in [-0.2, -0.15) is 0 Å². The first-order chi connectivity index (χ1) is 18.2. The molecule has 38 heavy (non-hydrogen) atoms. The van der Waals surface area contributed by atoms with E-state index >= 15 is 4.39 Å². The molecule has 2 amide bonds. The summed E-state index contributed by atoms with van der Waals surface area (Å²) in [6.45, 7) is 6.81. The Hall–Kier alpha value is -3.87. The minimum Gasteiger partial charge on any atom is -0.478 e. The minimum atomic E-state index is -1.10. The second-order valence-corrected chi connectivity index (χ2v) is 10.5. The lowest BCUT2D eigenvalue weighted by atomic mass is 9.92. The largest absolute Gasteiger partial charge is 0.478 e. The summed E-state index contributed by atoms with van der Waals surface area (Å²) in [5, 5.41) is 15.4. The zero-order valence-electron chi connectivity index (χ0n) is 22.3. The molecule has 1 saturated carbocycles. The molecule has 0 spiro atoms. The molecule has 3 aromatic rings. The van der Waals surface area contributed by atoms with Crippen LogP contribution >= 0.6 is 0 Å². The van der Waals surface area contributed by atoms with Crippen molar-refractivity contribution >= 4 is 29.1 Å². The van der Waals surface area contributed by atoms with Gasteiger partial charge in [0.05, 0.1) is 16.9 Å². The van der Waals surface area contributed by atoms with Crippen LogP contribution in [0.1, 0.15) is 61.9 Å². The number of amides is 2. The van der Waals surface area contributed by atoms with Crippen molar-refractivity contribution < 1.29 is 19.1 Å². The molecular weight excluding hydrogens is 481 g/mol. The van der Waals surface area contributed by atoms with Gasteiger partial charge in [0, 0.05) is 18.3 Å². The highest BCUT2D eigenvalue weighted by molar-refractivity contribution is 6.03. The number of halogens is 1. The van der Waals surface area contributed by atoms with Crippen molar-refractivity contribution in [1.29, 1.82) is 0 Å². The molecule has 1 aliphatic carbocycles. The lowest BCUT2D eigenvalue weighted by Crippen LogP contribution is -2.40.